The van der Waals surface area contributed by atoms with Gasteiger partial charge in [-0.05, 0) is 103 Å². The van der Waals surface area contributed by atoms with Crippen LogP contribution in [0.25, 0.3) is 0 Å². The molecule has 6 rings (SSSR count). The Balaban J connectivity index is 0.000000181. The Morgan fingerprint density at radius 1 is 0.565 bits per heavy atom. The molecular formula is C40H58N2O4. The van der Waals surface area contributed by atoms with Crippen molar-refractivity contribution in [3.8, 4) is 0 Å². The number of carbonyl (C=O) groups excluding carboxylic acids is 2. The molecule has 6 atom stereocenters. The summed E-state index contributed by atoms with van der Waals surface area (Å²) in [6.45, 7) is 13.3. The average molecular weight is 631 g/mol. The van der Waals surface area contributed by atoms with Crippen LogP contribution in [0.2, 0.25) is 0 Å². The molecule has 2 amide bonds. The molecule has 2 aromatic carbocycles. The van der Waals surface area contributed by atoms with Crippen molar-refractivity contribution < 1.29 is 19.1 Å². The van der Waals surface area contributed by atoms with Gasteiger partial charge in [-0.3, -0.25) is 0 Å². The van der Waals surface area contributed by atoms with E-state index in [9.17, 15) is 9.59 Å². The van der Waals surface area contributed by atoms with Gasteiger partial charge in [-0.25, -0.2) is 9.59 Å². The molecule has 2 saturated heterocycles. The molecule has 6 heteroatoms. The maximum atomic E-state index is 12.7. The summed E-state index contributed by atoms with van der Waals surface area (Å²) in [5.74, 6) is 2.11. The second-order valence-electron chi connectivity index (χ2n) is 16.2. The van der Waals surface area contributed by atoms with E-state index < -0.39 is 11.2 Å². The highest BCUT2D eigenvalue weighted by atomic mass is 16.6. The molecule has 0 bridgehead atoms. The van der Waals surface area contributed by atoms with Gasteiger partial charge in [0.25, 0.3) is 0 Å². The molecule has 0 spiro atoms. The van der Waals surface area contributed by atoms with Gasteiger partial charge in [0, 0.05) is 37.0 Å². The van der Waals surface area contributed by atoms with Crippen LogP contribution in [0, 0.1) is 11.8 Å². The van der Waals surface area contributed by atoms with Crippen LogP contribution in [0.3, 0.4) is 0 Å². The third-order valence-electron chi connectivity index (χ3n) is 10.3. The zero-order valence-corrected chi connectivity index (χ0v) is 29.3. The number of rotatable bonds is 2. The molecule has 6 nitrogen and oxygen atoms in total. The van der Waals surface area contributed by atoms with E-state index in [1.165, 1.54) is 62.5 Å². The van der Waals surface area contributed by atoms with Gasteiger partial charge in [0.2, 0.25) is 0 Å². The second-order valence-corrected chi connectivity index (χ2v) is 16.2. The fourth-order valence-corrected chi connectivity index (χ4v) is 8.37. The van der Waals surface area contributed by atoms with Crippen LogP contribution >= 0.6 is 0 Å². The molecule has 4 fully saturated rings. The van der Waals surface area contributed by atoms with Crippen LogP contribution in [-0.4, -0.2) is 58.4 Å². The van der Waals surface area contributed by atoms with Crippen molar-refractivity contribution in [3.63, 3.8) is 0 Å². The standard InChI is InChI=1S/2C20H29NO2/c2*1-20(2,3)23-19(22)21-14-17(15-9-5-4-6-10-15)13-16-11-7-8-12-18(16)21/h2*4-6,9-10,16-18H,7-8,11-14H2,1-3H3/t2*16-,17+,18+/m11/s1. The Labute approximate surface area is 278 Å². The van der Waals surface area contributed by atoms with E-state index in [1.807, 2.05) is 51.3 Å². The number of amides is 2. The number of fused-ring (bicyclic) bond motifs is 2. The molecule has 0 unspecified atom stereocenters. The highest BCUT2D eigenvalue weighted by molar-refractivity contribution is 5.69. The average Bonchev–Trinajstić information content (AvgIpc) is 3.03. The number of likely N-dealkylation sites (tertiary alicyclic amines) is 2. The normalized spacial score (nSPS) is 28.1. The fourth-order valence-electron chi connectivity index (χ4n) is 8.37. The summed E-state index contributed by atoms with van der Waals surface area (Å²) in [7, 11) is 0. The summed E-state index contributed by atoms with van der Waals surface area (Å²) in [5.41, 5.74) is 1.84. The van der Waals surface area contributed by atoms with Crippen LogP contribution < -0.4 is 0 Å². The van der Waals surface area contributed by atoms with Crippen molar-refractivity contribution >= 4 is 12.2 Å². The molecule has 0 N–H and O–H groups in total. The predicted molar refractivity (Wildman–Crippen MR) is 185 cm³/mol. The van der Waals surface area contributed by atoms with Crippen LogP contribution in [-0.2, 0) is 9.47 Å². The molecule has 46 heavy (non-hydrogen) atoms. The highest BCUT2D eigenvalue weighted by Gasteiger charge is 2.43. The molecular weight excluding hydrogens is 572 g/mol. The van der Waals surface area contributed by atoms with Gasteiger partial charge in [-0.2, -0.15) is 0 Å². The number of hydrogen-bond acceptors (Lipinski definition) is 4. The predicted octanol–water partition coefficient (Wildman–Crippen LogP) is 9.94. The summed E-state index contributed by atoms with van der Waals surface area (Å²) in [4.78, 5) is 29.6. The summed E-state index contributed by atoms with van der Waals surface area (Å²) >= 11 is 0. The Bertz CT molecular complexity index is 1170. The molecule has 2 heterocycles. The van der Waals surface area contributed by atoms with Gasteiger partial charge in [0.1, 0.15) is 11.2 Å². The zero-order valence-electron chi connectivity index (χ0n) is 29.3. The molecule has 2 saturated carbocycles. The number of hydrogen-bond donors (Lipinski definition) is 0. The largest absolute Gasteiger partial charge is 0.444 e. The minimum Gasteiger partial charge on any atom is -0.444 e. The van der Waals surface area contributed by atoms with E-state index in [2.05, 4.69) is 60.7 Å². The quantitative estimate of drug-likeness (QED) is 0.331. The van der Waals surface area contributed by atoms with Crippen molar-refractivity contribution in [1.82, 2.24) is 9.80 Å². The first-order valence-corrected chi connectivity index (χ1v) is 18.0. The number of nitrogens with zero attached hydrogens (tertiary/aromatic N) is 2. The molecule has 252 valence electrons. The summed E-state index contributed by atoms with van der Waals surface area (Å²) in [6, 6.07) is 22.0. The SMILES string of the molecule is CC(C)(C)OC(=O)N1C[C@@H](c2ccccc2)C[C@H]2CCCC[C@@H]21.CC(C)(C)OC(=O)N1C[C@@H](c2ccccc2)C[C@H]2CCCC[C@@H]21. The lowest BCUT2D eigenvalue weighted by Gasteiger charge is -2.47. The van der Waals surface area contributed by atoms with E-state index >= 15 is 0 Å². The Kier molecular flexibility index (Phi) is 11.1. The Morgan fingerprint density at radius 2 is 0.913 bits per heavy atom. The lowest BCUT2D eigenvalue weighted by molar-refractivity contribution is -0.0122. The lowest BCUT2D eigenvalue weighted by Crippen LogP contribution is -2.53. The third-order valence-corrected chi connectivity index (χ3v) is 10.3. The Morgan fingerprint density at radius 3 is 1.26 bits per heavy atom. The zero-order chi connectivity index (χ0) is 32.9. The second kappa shape index (κ2) is 14.8. The van der Waals surface area contributed by atoms with E-state index in [-0.39, 0.29) is 12.2 Å². The molecule has 0 aromatic heterocycles. The number of benzene rings is 2. The van der Waals surface area contributed by atoms with Crippen LogP contribution in [0.4, 0.5) is 9.59 Å². The minimum absolute atomic E-state index is 0.130. The third kappa shape index (κ3) is 9.07. The lowest BCUT2D eigenvalue weighted by atomic mass is 9.73. The van der Waals surface area contributed by atoms with Crippen molar-refractivity contribution in [3.05, 3.63) is 71.8 Å². The van der Waals surface area contributed by atoms with E-state index in [4.69, 9.17) is 9.47 Å². The number of ether oxygens (including phenoxy) is 2. The monoisotopic (exact) mass is 630 g/mol. The maximum Gasteiger partial charge on any atom is 0.410 e. The maximum absolute atomic E-state index is 12.7. The van der Waals surface area contributed by atoms with Crippen molar-refractivity contribution in [2.45, 2.75) is 141 Å². The van der Waals surface area contributed by atoms with Gasteiger partial charge in [-0.15, -0.1) is 0 Å². The molecule has 0 radical (unpaired) electrons. The van der Waals surface area contributed by atoms with Gasteiger partial charge in [0.15, 0.2) is 0 Å². The first-order chi connectivity index (χ1) is 21.9. The van der Waals surface area contributed by atoms with Gasteiger partial charge >= 0.3 is 12.2 Å². The van der Waals surface area contributed by atoms with E-state index in [0.717, 1.165) is 25.9 Å². The first kappa shape index (κ1) is 34.3. The molecule has 2 aromatic rings. The molecule has 2 aliphatic carbocycles. The topological polar surface area (TPSA) is 59.1 Å². The summed E-state index contributed by atoms with van der Waals surface area (Å²) < 4.78 is 11.4. The van der Waals surface area contributed by atoms with Crippen LogP contribution in [0.15, 0.2) is 60.7 Å². The van der Waals surface area contributed by atoms with Crippen LogP contribution in [0.5, 0.6) is 0 Å². The minimum atomic E-state index is -0.430. The first-order valence-electron chi connectivity index (χ1n) is 18.0. The summed E-state index contributed by atoms with van der Waals surface area (Å²) in [6.07, 6.45) is 12.0. The smallest absolute Gasteiger partial charge is 0.410 e. The number of carbonyl (C=O) groups is 2. The van der Waals surface area contributed by atoms with Crippen molar-refractivity contribution in [2.75, 3.05) is 13.1 Å². The number of piperidine rings is 2. The molecule has 2 aliphatic heterocycles. The van der Waals surface area contributed by atoms with Crippen molar-refractivity contribution in [1.29, 1.82) is 0 Å². The van der Waals surface area contributed by atoms with Crippen LogP contribution in [0.1, 0.15) is 129 Å². The van der Waals surface area contributed by atoms with Gasteiger partial charge < -0.3 is 19.3 Å². The van der Waals surface area contributed by atoms with E-state index in [0.29, 0.717) is 35.8 Å². The fraction of sp³-hybridized carbons (Fsp3) is 0.650. The molecule has 4 aliphatic rings. The van der Waals surface area contributed by atoms with Gasteiger partial charge in [0.05, 0.1) is 0 Å². The van der Waals surface area contributed by atoms with Gasteiger partial charge in [-0.1, -0.05) is 86.3 Å². The van der Waals surface area contributed by atoms with Crippen molar-refractivity contribution in [2.24, 2.45) is 11.8 Å². The Hall–Kier alpha value is -3.02. The summed E-state index contributed by atoms with van der Waals surface area (Å²) in [5, 5.41) is 0. The van der Waals surface area contributed by atoms with E-state index in [1.54, 1.807) is 0 Å². The highest BCUT2D eigenvalue weighted by Crippen LogP contribution is 2.43.